The van der Waals surface area contributed by atoms with E-state index >= 15 is 0 Å². The molecule has 1 amide bonds. The molecule has 170 valence electrons. The van der Waals surface area contributed by atoms with Crippen molar-refractivity contribution in [1.29, 1.82) is 0 Å². The van der Waals surface area contributed by atoms with E-state index in [4.69, 9.17) is 23.3 Å². The van der Waals surface area contributed by atoms with Gasteiger partial charge in [0.1, 0.15) is 0 Å². The molecule has 0 aliphatic rings. The third-order valence-corrected chi connectivity index (χ3v) is 6.59. The van der Waals surface area contributed by atoms with Crippen molar-refractivity contribution < 1.29 is 32.6 Å². The number of hydrogen-bond acceptors (Lipinski definition) is 8. The van der Waals surface area contributed by atoms with Crippen LogP contribution in [0.1, 0.15) is 35.6 Å². The molecule has 0 aliphatic carbocycles. The molecule has 0 aromatic heterocycles. The number of rotatable bonds is 12. The smallest absolute Gasteiger partial charge is 0.353 e. The summed E-state index contributed by atoms with van der Waals surface area (Å²) in [7, 11) is 0.681. The SMILES string of the molecule is CCOP(=O)(OCC)C(NNC(=O)c1ccccc1)c1cc(OC)c(OC)c(OC)c1. The number of hydrazine groups is 1. The summed E-state index contributed by atoms with van der Waals surface area (Å²) >= 11 is 0. The largest absolute Gasteiger partial charge is 0.493 e. The fraction of sp³-hybridized carbons (Fsp3) is 0.381. The van der Waals surface area contributed by atoms with Gasteiger partial charge >= 0.3 is 7.60 Å². The van der Waals surface area contributed by atoms with Gasteiger partial charge in [0.25, 0.3) is 5.91 Å². The first kappa shape index (κ1) is 24.7. The van der Waals surface area contributed by atoms with E-state index in [1.54, 1.807) is 56.3 Å². The minimum Gasteiger partial charge on any atom is -0.493 e. The first-order valence-electron chi connectivity index (χ1n) is 9.73. The normalized spacial score (nSPS) is 12.2. The van der Waals surface area contributed by atoms with E-state index in [0.29, 0.717) is 28.4 Å². The van der Waals surface area contributed by atoms with Crippen molar-refractivity contribution >= 4 is 13.5 Å². The molecular formula is C21H29N2O7P. The molecule has 2 N–H and O–H groups in total. The maximum Gasteiger partial charge on any atom is 0.353 e. The van der Waals surface area contributed by atoms with Gasteiger partial charge in [0.05, 0.1) is 34.5 Å². The summed E-state index contributed by atoms with van der Waals surface area (Å²) < 4.78 is 40.9. The molecule has 0 saturated heterocycles. The lowest BCUT2D eigenvalue weighted by Crippen LogP contribution is -2.40. The van der Waals surface area contributed by atoms with Gasteiger partial charge < -0.3 is 23.3 Å². The van der Waals surface area contributed by atoms with E-state index < -0.39 is 19.3 Å². The van der Waals surface area contributed by atoms with Gasteiger partial charge in [-0.2, -0.15) is 0 Å². The van der Waals surface area contributed by atoms with E-state index in [-0.39, 0.29) is 13.2 Å². The molecule has 1 unspecified atom stereocenters. The minimum absolute atomic E-state index is 0.145. The highest BCUT2D eigenvalue weighted by molar-refractivity contribution is 7.54. The fourth-order valence-corrected chi connectivity index (χ4v) is 4.78. The van der Waals surface area contributed by atoms with Gasteiger partial charge in [-0.3, -0.25) is 14.8 Å². The number of carbonyl (C=O) groups excluding carboxylic acids is 1. The average Bonchev–Trinajstić information content (AvgIpc) is 2.79. The molecule has 9 nitrogen and oxygen atoms in total. The molecule has 0 radical (unpaired) electrons. The van der Waals surface area contributed by atoms with Gasteiger partial charge in [-0.05, 0) is 43.7 Å². The fourth-order valence-electron chi connectivity index (χ4n) is 2.95. The van der Waals surface area contributed by atoms with Crippen LogP contribution in [0.4, 0.5) is 0 Å². The van der Waals surface area contributed by atoms with Crippen LogP contribution < -0.4 is 25.1 Å². The second kappa shape index (κ2) is 11.7. The number of carbonyl (C=O) groups is 1. The van der Waals surface area contributed by atoms with Crippen molar-refractivity contribution in [2.45, 2.75) is 19.6 Å². The monoisotopic (exact) mass is 452 g/mol. The maximum atomic E-state index is 13.6. The zero-order valence-electron chi connectivity index (χ0n) is 18.3. The molecular weight excluding hydrogens is 423 g/mol. The summed E-state index contributed by atoms with van der Waals surface area (Å²) in [5.74, 6) is -0.356. The lowest BCUT2D eigenvalue weighted by atomic mass is 10.1. The van der Waals surface area contributed by atoms with Crippen LogP contribution in [0.5, 0.6) is 17.2 Å². The summed E-state index contributed by atoms with van der Waals surface area (Å²) in [5.41, 5.74) is 6.29. The Bertz CT molecular complexity index is 873. The second-order valence-corrected chi connectivity index (χ2v) is 8.31. The van der Waals surface area contributed by atoms with Gasteiger partial charge in [0.15, 0.2) is 17.3 Å². The molecule has 10 heteroatoms. The molecule has 0 fully saturated rings. The van der Waals surface area contributed by atoms with Gasteiger partial charge in [-0.1, -0.05) is 18.2 Å². The molecule has 0 spiro atoms. The van der Waals surface area contributed by atoms with Crippen molar-refractivity contribution in [1.82, 2.24) is 10.9 Å². The topological polar surface area (TPSA) is 104 Å². The highest BCUT2D eigenvalue weighted by Crippen LogP contribution is 2.60. The summed E-state index contributed by atoms with van der Waals surface area (Å²) in [6.07, 6.45) is 0. The third kappa shape index (κ3) is 5.98. The van der Waals surface area contributed by atoms with Crippen LogP contribution in [0.15, 0.2) is 42.5 Å². The molecule has 1 atom stereocenters. The van der Waals surface area contributed by atoms with Crippen LogP contribution in [0.25, 0.3) is 0 Å². The van der Waals surface area contributed by atoms with Crippen LogP contribution in [-0.4, -0.2) is 40.5 Å². The zero-order chi connectivity index (χ0) is 22.9. The highest BCUT2D eigenvalue weighted by atomic mass is 31.2. The number of nitrogens with one attached hydrogen (secondary N) is 2. The number of amides is 1. The lowest BCUT2D eigenvalue weighted by molar-refractivity contribution is 0.0927. The molecule has 0 heterocycles. The van der Waals surface area contributed by atoms with Crippen LogP contribution >= 0.6 is 7.60 Å². The van der Waals surface area contributed by atoms with E-state index in [0.717, 1.165) is 0 Å². The Balaban J connectivity index is 2.49. The number of benzene rings is 2. The van der Waals surface area contributed by atoms with Gasteiger partial charge in [-0.25, -0.2) is 5.43 Å². The summed E-state index contributed by atoms with van der Waals surface area (Å²) in [4.78, 5) is 12.6. The van der Waals surface area contributed by atoms with E-state index in [1.807, 2.05) is 0 Å². The van der Waals surface area contributed by atoms with Crippen LogP contribution in [0, 0.1) is 0 Å². The first-order valence-corrected chi connectivity index (χ1v) is 11.3. The van der Waals surface area contributed by atoms with Gasteiger partial charge in [0, 0.05) is 5.56 Å². The molecule has 0 aliphatic heterocycles. The average molecular weight is 452 g/mol. The highest BCUT2D eigenvalue weighted by Gasteiger charge is 2.38. The van der Waals surface area contributed by atoms with Crippen molar-refractivity contribution in [3.05, 3.63) is 53.6 Å². The Hall–Kier alpha value is -2.58. The summed E-state index contributed by atoms with van der Waals surface area (Å²) in [6, 6.07) is 11.9. The molecule has 0 saturated carbocycles. The van der Waals surface area contributed by atoms with Gasteiger partial charge in [-0.15, -0.1) is 0 Å². The van der Waals surface area contributed by atoms with Crippen molar-refractivity contribution in [3.63, 3.8) is 0 Å². The maximum absolute atomic E-state index is 13.6. The summed E-state index contributed by atoms with van der Waals surface area (Å²) in [6.45, 7) is 3.71. The Labute approximate surface area is 182 Å². The Morgan fingerprint density at radius 2 is 1.48 bits per heavy atom. The second-order valence-electron chi connectivity index (χ2n) is 6.20. The quantitative estimate of drug-likeness (QED) is 0.369. The number of ether oxygens (including phenoxy) is 3. The molecule has 2 aromatic rings. The van der Waals surface area contributed by atoms with E-state index in [1.165, 1.54) is 21.3 Å². The lowest BCUT2D eigenvalue weighted by Gasteiger charge is -2.28. The minimum atomic E-state index is -3.76. The molecule has 31 heavy (non-hydrogen) atoms. The third-order valence-electron chi connectivity index (χ3n) is 4.30. The van der Waals surface area contributed by atoms with E-state index in [2.05, 4.69) is 10.9 Å². The standard InChI is InChI=1S/C21H29N2O7P/c1-6-29-31(25,30-7-2)21(23-22-20(24)15-11-9-8-10-12-15)16-13-17(26-3)19(28-5)18(14-16)27-4/h8-14,21,23H,6-7H2,1-5H3,(H,22,24). The van der Waals surface area contributed by atoms with Crippen molar-refractivity contribution in [2.24, 2.45) is 0 Å². The molecule has 2 aromatic carbocycles. The Morgan fingerprint density at radius 1 is 0.935 bits per heavy atom. The van der Waals surface area contributed by atoms with Gasteiger partial charge in [0.2, 0.25) is 5.75 Å². The van der Waals surface area contributed by atoms with Crippen molar-refractivity contribution in [3.8, 4) is 17.2 Å². The number of methoxy groups -OCH3 is 3. The molecule has 2 rings (SSSR count). The van der Waals surface area contributed by atoms with Crippen LogP contribution in [-0.2, 0) is 13.6 Å². The van der Waals surface area contributed by atoms with Crippen LogP contribution in [0.3, 0.4) is 0 Å². The Kier molecular flexibility index (Phi) is 9.33. The predicted molar refractivity (Wildman–Crippen MR) is 117 cm³/mol. The summed E-state index contributed by atoms with van der Waals surface area (Å²) in [5, 5.41) is 0. The predicted octanol–water partition coefficient (Wildman–Crippen LogP) is 3.91. The first-order chi connectivity index (χ1) is 14.9. The molecule has 0 bridgehead atoms. The van der Waals surface area contributed by atoms with E-state index in [9.17, 15) is 9.36 Å². The van der Waals surface area contributed by atoms with Crippen molar-refractivity contribution in [2.75, 3.05) is 34.5 Å². The van der Waals surface area contributed by atoms with Crippen LogP contribution in [0.2, 0.25) is 0 Å². The number of hydrogen-bond donors (Lipinski definition) is 2. The zero-order valence-corrected chi connectivity index (χ0v) is 19.2. The Morgan fingerprint density at radius 3 is 1.94 bits per heavy atom.